The van der Waals surface area contributed by atoms with Crippen LogP contribution in [0.2, 0.25) is 0 Å². The molecule has 0 aliphatic carbocycles. The van der Waals surface area contributed by atoms with E-state index < -0.39 is 0 Å². The molecule has 0 unspecified atom stereocenters. The van der Waals surface area contributed by atoms with Crippen LogP contribution in [0, 0.1) is 0 Å². The fourth-order valence-electron chi connectivity index (χ4n) is 1.86. The standard InChI is InChI=1S/C8H18N.C2H6/c1-3-6-9(2)7-4-5-8-9;1-2/h3-8H2,1-2H3;1-2H3/q+1;. The van der Waals surface area contributed by atoms with Crippen LogP contribution in [0.3, 0.4) is 0 Å². The van der Waals surface area contributed by atoms with Crippen molar-refractivity contribution in [3.05, 3.63) is 0 Å². The predicted molar refractivity (Wildman–Crippen MR) is 51.7 cm³/mol. The predicted octanol–water partition coefficient (Wildman–Crippen LogP) is 2.66. The first-order valence-corrected chi connectivity index (χ1v) is 5.10. The minimum absolute atomic E-state index is 1.34. The van der Waals surface area contributed by atoms with Crippen molar-refractivity contribution in [1.29, 1.82) is 0 Å². The van der Waals surface area contributed by atoms with E-state index in [-0.39, 0.29) is 0 Å². The van der Waals surface area contributed by atoms with Crippen molar-refractivity contribution in [2.45, 2.75) is 40.0 Å². The van der Waals surface area contributed by atoms with Crippen LogP contribution in [0.5, 0.6) is 0 Å². The van der Waals surface area contributed by atoms with Crippen molar-refractivity contribution in [3.63, 3.8) is 0 Å². The number of likely N-dealkylation sites (tertiary alicyclic amines) is 1. The Balaban J connectivity index is 0.000000461. The molecule has 0 spiro atoms. The first-order valence-electron chi connectivity index (χ1n) is 5.10. The van der Waals surface area contributed by atoms with Crippen molar-refractivity contribution in [3.8, 4) is 0 Å². The number of nitrogens with zero attached hydrogens (tertiary/aromatic N) is 1. The maximum atomic E-state index is 2.39. The molecular weight excluding hydrogens is 134 g/mol. The molecule has 0 saturated carbocycles. The lowest BCUT2D eigenvalue weighted by atomic mass is 10.4. The van der Waals surface area contributed by atoms with Gasteiger partial charge in [-0.15, -0.1) is 0 Å². The third-order valence-electron chi connectivity index (χ3n) is 2.41. The Morgan fingerprint density at radius 3 is 1.91 bits per heavy atom. The lowest BCUT2D eigenvalue weighted by Crippen LogP contribution is -2.41. The highest BCUT2D eigenvalue weighted by atomic mass is 15.3. The molecule has 0 bridgehead atoms. The zero-order chi connectivity index (χ0) is 8.74. The molecule has 0 aromatic rings. The average molecular weight is 158 g/mol. The third-order valence-corrected chi connectivity index (χ3v) is 2.41. The van der Waals surface area contributed by atoms with E-state index in [1.54, 1.807) is 0 Å². The Hall–Kier alpha value is -0.0400. The fourth-order valence-corrected chi connectivity index (χ4v) is 1.86. The largest absolute Gasteiger partial charge is 0.326 e. The van der Waals surface area contributed by atoms with E-state index in [1.165, 1.54) is 43.4 Å². The molecule has 1 saturated heterocycles. The van der Waals surface area contributed by atoms with Crippen molar-refractivity contribution < 1.29 is 4.48 Å². The van der Waals surface area contributed by atoms with E-state index >= 15 is 0 Å². The normalized spacial score (nSPS) is 20.7. The summed E-state index contributed by atoms with van der Waals surface area (Å²) in [4.78, 5) is 0. The molecule has 1 rings (SSSR count). The Kier molecular flexibility index (Phi) is 5.57. The van der Waals surface area contributed by atoms with Gasteiger partial charge in [0.2, 0.25) is 0 Å². The Bertz CT molecular complexity index is 82.9. The van der Waals surface area contributed by atoms with E-state index in [1.807, 2.05) is 13.8 Å². The number of rotatable bonds is 2. The van der Waals surface area contributed by atoms with Gasteiger partial charge >= 0.3 is 0 Å². The van der Waals surface area contributed by atoms with Crippen molar-refractivity contribution in [2.75, 3.05) is 26.7 Å². The second-order valence-corrected chi connectivity index (χ2v) is 3.50. The zero-order valence-electron chi connectivity index (χ0n) is 8.69. The average Bonchev–Trinajstić information content (AvgIpc) is 2.41. The first kappa shape index (κ1) is 11.0. The Morgan fingerprint density at radius 2 is 1.55 bits per heavy atom. The molecule has 0 amide bonds. The Labute approximate surface area is 72.0 Å². The summed E-state index contributed by atoms with van der Waals surface area (Å²) in [6.45, 7) is 10.5. The molecule has 1 nitrogen and oxygen atoms in total. The van der Waals surface area contributed by atoms with Crippen molar-refractivity contribution in [2.24, 2.45) is 0 Å². The van der Waals surface area contributed by atoms with Crippen LogP contribution in [0.1, 0.15) is 40.0 Å². The molecule has 11 heavy (non-hydrogen) atoms. The van der Waals surface area contributed by atoms with Gasteiger partial charge in [0, 0.05) is 12.8 Å². The van der Waals surface area contributed by atoms with Gasteiger partial charge in [0.1, 0.15) is 0 Å². The highest BCUT2D eigenvalue weighted by molar-refractivity contribution is 4.50. The smallest absolute Gasteiger partial charge is 0.0786 e. The van der Waals surface area contributed by atoms with Crippen molar-refractivity contribution in [1.82, 2.24) is 0 Å². The second-order valence-electron chi connectivity index (χ2n) is 3.50. The molecule has 0 N–H and O–H groups in total. The third kappa shape index (κ3) is 3.76. The molecule has 0 aromatic carbocycles. The first-order chi connectivity index (χ1) is 5.27. The van der Waals surface area contributed by atoms with Crippen LogP contribution in [-0.4, -0.2) is 31.2 Å². The summed E-state index contributed by atoms with van der Waals surface area (Å²) in [6, 6.07) is 0. The van der Waals surface area contributed by atoms with Crippen LogP contribution in [0.4, 0.5) is 0 Å². The van der Waals surface area contributed by atoms with Crippen LogP contribution < -0.4 is 0 Å². The highest BCUT2D eigenvalue weighted by Crippen LogP contribution is 2.15. The van der Waals surface area contributed by atoms with Crippen LogP contribution >= 0.6 is 0 Å². The van der Waals surface area contributed by atoms with Crippen LogP contribution in [0.25, 0.3) is 0 Å². The van der Waals surface area contributed by atoms with E-state index in [2.05, 4.69) is 14.0 Å². The lowest BCUT2D eigenvalue weighted by molar-refractivity contribution is -0.897. The summed E-state index contributed by atoms with van der Waals surface area (Å²) in [5, 5.41) is 0. The molecule has 0 radical (unpaired) electrons. The molecule has 1 heteroatoms. The zero-order valence-corrected chi connectivity index (χ0v) is 8.69. The van der Waals surface area contributed by atoms with Gasteiger partial charge < -0.3 is 4.48 Å². The molecular formula is C10H24N+. The molecule has 1 fully saturated rings. The summed E-state index contributed by atoms with van der Waals surface area (Å²) in [5.41, 5.74) is 0. The quantitative estimate of drug-likeness (QED) is 0.542. The molecule has 68 valence electrons. The number of hydrogen-bond acceptors (Lipinski definition) is 0. The fraction of sp³-hybridized carbons (Fsp3) is 1.00. The van der Waals surface area contributed by atoms with E-state index in [0.29, 0.717) is 0 Å². The Morgan fingerprint density at radius 1 is 1.09 bits per heavy atom. The SMILES string of the molecule is CC.CCC[N+]1(C)CCCC1. The summed E-state index contributed by atoms with van der Waals surface area (Å²) in [7, 11) is 2.39. The lowest BCUT2D eigenvalue weighted by Gasteiger charge is -2.28. The summed E-state index contributed by atoms with van der Waals surface area (Å²) >= 11 is 0. The summed E-state index contributed by atoms with van der Waals surface area (Å²) < 4.78 is 1.34. The highest BCUT2D eigenvalue weighted by Gasteiger charge is 2.24. The summed E-state index contributed by atoms with van der Waals surface area (Å²) in [5.74, 6) is 0. The molecule has 1 heterocycles. The van der Waals surface area contributed by atoms with Crippen LogP contribution in [-0.2, 0) is 0 Å². The number of quaternary nitrogens is 1. The van der Waals surface area contributed by atoms with Gasteiger partial charge in [0.25, 0.3) is 0 Å². The van der Waals surface area contributed by atoms with Gasteiger partial charge in [-0.3, -0.25) is 0 Å². The number of hydrogen-bond donors (Lipinski definition) is 0. The van der Waals surface area contributed by atoms with E-state index in [0.717, 1.165) is 0 Å². The van der Waals surface area contributed by atoms with Crippen molar-refractivity contribution >= 4 is 0 Å². The van der Waals surface area contributed by atoms with Gasteiger partial charge in [0.05, 0.1) is 26.7 Å². The monoisotopic (exact) mass is 158 g/mol. The van der Waals surface area contributed by atoms with E-state index in [4.69, 9.17) is 0 Å². The van der Waals surface area contributed by atoms with Gasteiger partial charge in [-0.2, -0.15) is 0 Å². The van der Waals surface area contributed by atoms with E-state index in [9.17, 15) is 0 Å². The maximum Gasteiger partial charge on any atom is 0.0786 e. The molecule has 0 atom stereocenters. The molecule has 1 aliphatic rings. The topological polar surface area (TPSA) is 0 Å². The molecule has 0 aromatic heterocycles. The van der Waals surface area contributed by atoms with Gasteiger partial charge in [0.15, 0.2) is 0 Å². The maximum absolute atomic E-state index is 2.39. The minimum Gasteiger partial charge on any atom is -0.326 e. The molecule has 1 aliphatic heterocycles. The van der Waals surface area contributed by atoms with Gasteiger partial charge in [-0.1, -0.05) is 20.8 Å². The summed E-state index contributed by atoms with van der Waals surface area (Å²) in [6.07, 6.45) is 4.25. The second kappa shape index (κ2) is 5.59. The minimum atomic E-state index is 1.34. The van der Waals surface area contributed by atoms with Crippen LogP contribution in [0.15, 0.2) is 0 Å². The van der Waals surface area contributed by atoms with Gasteiger partial charge in [-0.25, -0.2) is 0 Å². The van der Waals surface area contributed by atoms with Gasteiger partial charge in [-0.05, 0) is 6.42 Å².